The van der Waals surface area contributed by atoms with Gasteiger partial charge < -0.3 is 9.42 Å². The van der Waals surface area contributed by atoms with Crippen molar-refractivity contribution in [2.75, 3.05) is 20.1 Å². The Hall–Kier alpha value is -2.75. The fourth-order valence-corrected chi connectivity index (χ4v) is 5.43. The molecule has 0 unspecified atom stereocenters. The van der Waals surface area contributed by atoms with E-state index >= 15 is 0 Å². The molecule has 4 rings (SSSR count). The van der Waals surface area contributed by atoms with E-state index < -0.39 is 10.0 Å². The highest BCUT2D eigenvalue weighted by Crippen LogP contribution is 2.26. The second kappa shape index (κ2) is 9.62. The zero-order chi connectivity index (χ0) is 23.6. The number of nitrogens with zero attached hydrogens (tertiary/aromatic N) is 4. The summed E-state index contributed by atoms with van der Waals surface area (Å²) in [6.07, 6.45) is 0.933. The molecule has 0 N–H and O–H groups in total. The first-order valence-electron chi connectivity index (χ1n) is 10.6. The SMILES string of the molecule is Cc1ccc(S(=O)(=O)N2CCC(C(=O)N(C)Cc3nc(-c4ccc(Cl)cc4)no3)CC2)cc1. The zero-order valence-corrected chi connectivity index (χ0v) is 20.0. The Morgan fingerprint density at radius 1 is 1.12 bits per heavy atom. The first kappa shape index (κ1) is 23.4. The second-order valence-electron chi connectivity index (χ2n) is 8.20. The van der Waals surface area contributed by atoms with Gasteiger partial charge in [0, 0.05) is 36.6 Å². The normalized spacial score (nSPS) is 15.5. The molecule has 10 heteroatoms. The van der Waals surface area contributed by atoms with E-state index in [2.05, 4.69) is 10.1 Å². The fraction of sp³-hybridized carbons (Fsp3) is 0.348. The Labute approximate surface area is 198 Å². The van der Waals surface area contributed by atoms with Crippen LogP contribution in [0.25, 0.3) is 11.4 Å². The van der Waals surface area contributed by atoms with Crippen molar-refractivity contribution in [2.24, 2.45) is 5.92 Å². The highest BCUT2D eigenvalue weighted by atomic mass is 35.5. The van der Waals surface area contributed by atoms with Crippen molar-refractivity contribution in [2.45, 2.75) is 31.2 Å². The highest BCUT2D eigenvalue weighted by molar-refractivity contribution is 7.89. The number of amides is 1. The maximum atomic E-state index is 12.9. The number of sulfonamides is 1. The molecule has 2 aromatic carbocycles. The summed E-state index contributed by atoms with van der Waals surface area (Å²) in [6, 6.07) is 13.9. The molecule has 1 aromatic heterocycles. The van der Waals surface area contributed by atoms with Gasteiger partial charge in [0.2, 0.25) is 27.6 Å². The van der Waals surface area contributed by atoms with Crippen LogP contribution in [0.15, 0.2) is 57.9 Å². The summed E-state index contributed by atoms with van der Waals surface area (Å²) in [5.41, 5.74) is 1.77. The Morgan fingerprint density at radius 3 is 2.39 bits per heavy atom. The van der Waals surface area contributed by atoms with E-state index in [0.717, 1.165) is 11.1 Å². The number of aryl methyl sites for hydroxylation is 1. The molecule has 174 valence electrons. The topological polar surface area (TPSA) is 96.6 Å². The molecule has 0 spiro atoms. The molecule has 1 amide bonds. The van der Waals surface area contributed by atoms with Crippen LogP contribution in [0.3, 0.4) is 0 Å². The molecule has 0 bridgehead atoms. The molecule has 8 nitrogen and oxygen atoms in total. The van der Waals surface area contributed by atoms with Gasteiger partial charge in [0.05, 0.1) is 11.4 Å². The number of benzene rings is 2. The van der Waals surface area contributed by atoms with Crippen LogP contribution in [0.5, 0.6) is 0 Å². The Bertz CT molecular complexity index is 1220. The summed E-state index contributed by atoms with van der Waals surface area (Å²) in [5, 5.41) is 4.59. The van der Waals surface area contributed by atoms with Crippen LogP contribution >= 0.6 is 11.6 Å². The predicted octanol–water partition coefficient (Wildman–Crippen LogP) is 3.76. The zero-order valence-electron chi connectivity index (χ0n) is 18.4. The molecule has 2 heterocycles. The van der Waals surface area contributed by atoms with Crippen LogP contribution in [0.2, 0.25) is 5.02 Å². The van der Waals surface area contributed by atoms with Crippen LogP contribution in [-0.4, -0.2) is 53.8 Å². The van der Waals surface area contributed by atoms with Crippen molar-refractivity contribution < 1.29 is 17.7 Å². The molecular weight excluding hydrogens is 464 g/mol. The van der Waals surface area contributed by atoms with Gasteiger partial charge in [-0.25, -0.2) is 8.42 Å². The lowest BCUT2D eigenvalue weighted by Gasteiger charge is -2.32. The lowest BCUT2D eigenvalue weighted by Crippen LogP contribution is -2.43. The van der Waals surface area contributed by atoms with Gasteiger partial charge >= 0.3 is 0 Å². The van der Waals surface area contributed by atoms with E-state index in [9.17, 15) is 13.2 Å². The van der Waals surface area contributed by atoms with Crippen molar-refractivity contribution in [3.8, 4) is 11.4 Å². The van der Waals surface area contributed by atoms with Crippen LogP contribution in [0.1, 0.15) is 24.3 Å². The number of piperidine rings is 1. The number of hydrogen-bond acceptors (Lipinski definition) is 6. The Balaban J connectivity index is 1.34. The number of halogens is 1. The number of hydrogen-bond donors (Lipinski definition) is 0. The summed E-state index contributed by atoms with van der Waals surface area (Å²) in [7, 11) is -1.87. The minimum atomic E-state index is -3.56. The van der Waals surface area contributed by atoms with E-state index in [1.54, 1.807) is 60.5 Å². The van der Waals surface area contributed by atoms with Crippen LogP contribution in [0, 0.1) is 12.8 Å². The van der Waals surface area contributed by atoms with Gasteiger partial charge in [-0.15, -0.1) is 0 Å². The average Bonchev–Trinajstić information content (AvgIpc) is 3.28. The number of carbonyl (C=O) groups excluding carboxylic acids is 1. The van der Waals surface area contributed by atoms with Crippen molar-refractivity contribution in [1.29, 1.82) is 0 Å². The molecule has 1 fully saturated rings. The van der Waals surface area contributed by atoms with E-state index in [1.807, 2.05) is 6.92 Å². The fourth-order valence-electron chi connectivity index (χ4n) is 3.83. The third-order valence-electron chi connectivity index (χ3n) is 5.78. The quantitative estimate of drug-likeness (QED) is 0.524. The number of carbonyl (C=O) groups is 1. The van der Waals surface area contributed by atoms with Gasteiger partial charge in [-0.05, 0) is 56.2 Å². The van der Waals surface area contributed by atoms with Crippen LogP contribution in [0.4, 0.5) is 0 Å². The number of rotatable bonds is 6. The van der Waals surface area contributed by atoms with Crippen molar-refractivity contribution >= 4 is 27.5 Å². The third-order valence-corrected chi connectivity index (χ3v) is 7.95. The minimum Gasteiger partial charge on any atom is -0.337 e. The summed E-state index contributed by atoms with van der Waals surface area (Å²) in [4.78, 5) is 19.1. The van der Waals surface area contributed by atoms with Crippen LogP contribution in [-0.2, 0) is 21.4 Å². The standard InChI is InChI=1S/C23H25ClN4O4S/c1-16-3-9-20(10-4-16)33(30,31)28-13-11-18(12-14-28)23(29)27(2)15-21-25-22(26-32-21)17-5-7-19(24)8-6-17/h3-10,18H,11-15H2,1-2H3. The summed E-state index contributed by atoms with van der Waals surface area (Å²) < 4.78 is 32.5. The van der Waals surface area contributed by atoms with Crippen molar-refractivity contribution in [1.82, 2.24) is 19.3 Å². The summed E-state index contributed by atoms with van der Waals surface area (Å²) in [6.45, 7) is 2.71. The number of aromatic nitrogens is 2. The molecule has 1 aliphatic rings. The van der Waals surface area contributed by atoms with Gasteiger partial charge in [0.25, 0.3) is 0 Å². The first-order valence-corrected chi connectivity index (χ1v) is 12.5. The average molecular weight is 489 g/mol. The maximum Gasteiger partial charge on any atom is 0.246 e. The monoisotopic (exact) mass is 488 g/mol. The van der Waals surface area contributed by atoms with E-state index in [-0.39, 0.29) is 23.3 Å². The largest absolute Gasteiger partial charge is 0.337 e. The van der Waals surface area contributed by atoms with Gasteiger partial charge in [-0.1, -0.05) is 34.5 Å². The van der Waals surface area contributed by atoms with Gasteiger partial charge in [-0.3, -0.25) is 4.79 Å². The predicted molar refractivity (Wildman–Crippen MR) is 124 cm³/mol. The van der Waals surface area contributed by atoms with E-state index in [4.69, 9.17) is 16.1 Å². The van der Waals surface area contributed by atoms with Gasteiger partial charge in [-0.2, -0.15) is 9.29 Å². The van der Waals surface area contributed by atoms with Crippen molar-refractivity contribution in [3.05, 3.63) is 65.0 Å². The molecular formula is C23H25ClN4O4S. The molecule has 1 saturated heterocycles. The third kappa shape index (κ3) is 5.26. The molecule has 3 aromatic rings. The Morgan fingerprint density at radius 2 is 1.76 bits per heavy atom. The molecule has 0 atom stereocenters. The summed E-state index contributed by atoms with van der Waals surface area (Å²) >= 11 is 5.91. The molecule has 33 heavy (non-hydrogen) atoms. The molecule has 1 aliphatic heterocycles. The lowest BCUT2D eigenvalue weighted by molar-refractivity contribution is -0.136. The van der Waals surface area contributed by atoms with Crippen molar-refractivity contribution in [3.63, 3.8) is 0 Å². The van der Waals surface area contributed by atoms with Gasteiger partial charge in [0.15, 0.2) is 0 Å². The highest BCUT2D eigenvalue weighted by Gasteiger charge is 2.33. The molecule has 0 saturated carbocycles. The van der Waals surface area contributed by atoms with E-state index in [1.165, 1.54) is 4.31 Å². The van der Waals surface area contributed by atoms with Gasteiger partial charge in [0.1, 0.15) is 0 Å². The Kier molecular flexibility index (Phi) is 6.83. The van der Waals surface area contributed by atoms with Crippen LogP contribution < -0.4 is 0 Å². The lowest BCUT2D eigenvalue weighted by atomic mass is 9.97. The second-order valence-corrected chi connectivity index (χ2v) is 10.6. The maximum absolute atomic E-state index is 12.9. The minimum absolute atomic E-state index is 0.0615. The molecule has 0 radical (unpaired) electrons. The molecule has 0 aliphatic carbocycles. The summed E-state index contributed by atoms with van der Waals surface area (Å²) in [5.74, 6) is 0.444. The first-order chi connectivity index (χ1) is 15.7. The van der Waals surface area contributed by atoms with E-state index in [0.29, 0.717) is 42.7 Å². The smallest absolute Gasteiger partial charge is 0.246 e.